The van der Waals surface area contributed by atoms with E-state index in [0.29, 0.717) is 6.10 Å². The maximum absolute atomic E-state index is 8.84. The van der Waals surface area contributed by atoms with Crippen LogP contribution in [0.2, 0.25) is 0 Å². The predicted molar refractivity (Wildman–Crippen MR) is 52.9 cm³/mol. The molecule has 0 aromatic rings. The topological polar surface area (TPSA) is 38.7 Å². The molecule has 0 radical (unpaired) electrons. The molecule has 0 unspecified atom stereocenters. The van der Waals surface area contributed by atoms with Crippen molar-refractivity contribution in [2.75, 3.05) is 6.61 Å². The van der Waals surface area contributed by atoms with Crippen molar-refractivity contribution in [2.45, 2.75) is 63.4 Å². The molecule has 0 saturated carbocycles. The van der Waals surface area contributed by atoms with E-state index in [-0.39, 0.29) is 18.5 Å². The lowest BCUT2D eigenvalue weighted by Gasteiger charge is -2.37. The normalized spacial score (nSPS) is 43.3. The minimum Gasteiger partial charge on any atom is -0.396 e. The maximum Gasteiger partial charge on any atom is 0.169 e. The fraction of sp³-hybridized carbons (Fsp3) is 1.00. The van der Waals surface area contributed by atoms with Crippen molar-refractivity contribution in [3.8, 4) is 0 Å². The largest absolute Gasteiger partial charge is 0.396 e. The zero-order chi connectivity index (χ0) is 10.0. The molecule has 2 rings (SSSR count). The number of ether oxygens (including phenoxy) is 2. The fourth-order valence-corrected chi connectivity index (χ4v) is 2.56. The molecule has 0 aliphatic carbocycles. The summed E-state index contributed by atoms with van der Waals surface area (Å²) in [5.41, 5.74) is 0. The Hall–Kier alpha value is -0.120. The lowest BCUT2D eigenvalue weighted by atomic mass is 9.99. The molecule has 14 heavy (non-hydrogen) atoms. The van der Waals surface area contributed by atoms with E-state index in [1.807, 2.05) is 0 Å². The Labute approximate surface area is 85.4 Å². The van der Waals surface area contributed by atoms with Gasteiger partial charge in [-0.1, -0.05) is 0 Å². The summed E-state index contributed by atoms with van der Waals surface area (Å²) >= 11 is 0. The second-order valence-electron chi connectivity index (χ2n) is 4.52. The van der Waals surface area contributed by atoms with Gasteiger partial charge in [-0.2, -0.15) is 0 Å². The lowest BCUT2D eigenvalue weighted by Crippen LogP contribution is -2.39. The van der Waals surface area contributed by atoms with Gasteiger partial charge in [0.05, 0.1) is 12.2 Å². The van der Waals surface area contributed by atoms with Crippen molar-refractivity contribution in [3.63, 3.8) is 0 Å². The third kappa shape index (κ3) is 2.10. The van der Waals surface area contributed by atoms with Crippen molar-refractivity contribution >= 4 is 0 Å². The van der Waals surface area contributed by atoms with Crippen molar-refractivity contribution in [3.05, 3.63) is 0 Å². The van der Waals surface area contributed by atoms with Crippen LogP contribution >= 0.6 is 0 Å². The first-order valence-electron chi connectivity index (χ1n) is 5.71. The summed E-state index contributed by atoms with van der Waals surface area (Å²) in [7, 11) is 0. The van der Waals surface area contributed by atoms with E-state index in [1.165, 1.54) is 6.42 Å². The first-order chi connectivity index (χ1) is 6.74. The Kier molecular flexibility index (Phi) is 3.10. The van der Waals surface area contributed by atoms with Crippen LogP contribution in [0.1, 0.15) is 45.4 Å². The van der Waals surface area contributed by atoms with Crippen molar-refractivity contribution < 1.29 is 14.6 Å². The lowest BCUT2D eigenvalue weighted by molar-refractivity contribution is -0.267. The van der Waals surface area contributed by atoms with Crippen LogP contribution in [0.3, 0.4) is 0 Å². The summed E-state index contributed by atoms with van der Waals surface area (Å²) in [5, 5.41) is 8.84. The molecule has 1 N–H and O–H groups in total. The number of rotatable bonds is 2. The van der Waals surface area contributed by atoms with E-state index in [2.05, 4.69) is 6.92 Å². The van der Waals surface area contributed by atoms with Crippen LogP contribution in [0.4, 0.5) is 0 Å². The summed E-state index contributed by atoms with van der Waals surface area (Å²) in [6, 6.07) is 0. The maximum atomic E-state index is 8.84. The minimum absolute atomic E-state index is 0.213. The van der Waals surface area contributed by atoms with E-state index >= 15 is 0 Å². The van der Waals surface area contributed by atoms with Gasteiger partial charge in [0, 0.05) is 19.4 Å². The Balaban J connectivity index is 1.91. The highest BCUT2D eigenvalue weighted by atomic mass is 16.7. The van der Waals surface area contributed by atoms with Gasteiger partial charge in [-0.3, -0.25) is 0 Å². The average Bonchev–Trinajstić information content (AvgIpc) is 2.49. The summed E-state index contributed by atoms with van der Waals surface area (Å²) < 4.78 is 11.8. The first-order valence-corrected chi connectivity index (χ1v) is 5.71. The first kappa shape index (κ1) is 10.4. The molecule has 2 aliphatic rings. The highest BCUT2D eigenvalue weighted by Crippen LogP contribution is 2.40. The van der Waals surface area contributed by atoms with Crippen LogP contribution in [0.15, 0.2) is 0 Å². The molecule has 3 nitrogen and oxygen atoms in total. The Bertz CT molecular complexity index is 195. The molecule has 3 heteroatoms. The Morgan fingerprint density at radius 1 is 1.29 bits per heavy atom. The van der Waals surface area contributed by atoms with Crippen molar-refractivity contribution in [1.29, 1.82) is 0 Å². The van der Waals surface area contributed by atoms with Crippen molar-refractivity contribution in [1.82, 2.24) is 0 Å². The zero-order valence-electron chi connectivity index (χ0n) is 8.87. The molecular weight excluding hydrogens is 180 g/mol. The molecule has 82 valence electrons. The van der Waals surface area contributed by atoms with Gasteiger partial charge in [-0.25, -0.2) is 0 Å². The third-order valence-corrected chi connectivity index (χ3v) is 3.26. The quantitative estimate of drug-likeness (QED) is 0.739. The molecule has 0 aromatic carbocycles. The standard InChI is InChI=1S/C11H20O3/c1-9-3-2-6-11(13-9)7-4-10(14-11)5-8-12/h9-10,12H,2-8H2,1H3/t9-,10-,11+/m0/s1. The van der Waals surface area contributed by atoms with Gasteiger partial charge in [0.2, 0.25) is 0 Å². The smallest absolute Gasteiger partial charge is 0.169 e. The molecule has 0 aromatic heterocycles. The van der Waals surface area contributed by atoms with E-state index in [4.69, 9.17) is 14.6 Å². The third-order valence-electron chi connectivity index (χ3n) is 3.26. The summed E-state index contributed by atoms with van der Waals surface area (Å²) in [5.74, 6) is -0.294. The molecular formula is C11H20O3. The number of aliphatic hydroxyl groups is 1. The van der Waals surface area contributed by atoms with Crippen LogP contribution in [0.25, 0.3) is 0 Å². The van der Waals surface area contributed by atoms with E-state index < -0.39 is 0 Å². The Morgan fingerprint density at radius 3 is 2.86 bits per heavy atom. The van der Waals surface area contributed by atoms with Gasteiger partial charge in [-0.15, -0.1) is 0 Å². The highest BCUT2D eigenvalue weighted by molar-refractivity contribution is 4.85. The average molecular weight is 200 g/mol. The van der Waals surface area contributed by atoms with Gasteiger partial charge < -0.3 is 14.6 Å². The molecule has 2 fully saturated rings. The van der Waals surface area contributed by atoms with Crippen LogP contribution in [0, 0.1) is 0 Å². The molecule has 3 atom stereocenters. The van der Waals surface area contributed by atoms with Crippen LogP contribution in [-0.2, 0) is 9.47 Å². The van der Waals surface area contributed by atoms with Gasteiger partial charge >= 0.3 is 0 Å². The van der Waals surface area contributed by atoms with Gasteiger partial charge in [0.25, 0.3) is 0 Å². The molecule has 0 amide bonds. The van der Waals surface area contributed by atoms with Gasteiger partial charge in [0.1, 0.15) is 0 Å². The van der Waals surface area contributed by atoms with E-state index in [9.17, 15) is 0 Å². The molecule has 2 heterocycles. The zero-order valence-corrected chi connectivity index (χ0v) is 8.87. The number of hydrogen-bond donors (Lipinski definition) is 1. The molecule has 0 bridgehead atoms. The molecule has 2 saturated heterocycles. The van der Waals surface area contributed by atoms with Gasteiger partial charge in [0.15, 0.2) is 5.79 Å². The monoisotopic (exact) mass is 200 g/mol. The number of hydrogen-bond acceptors (Lipinski definition) is 3. The highest BCUT2D eigenvalue weighted by Gasteiger charge is 2.43. The fourth-order valence-electron chi connectivity index (χ4n) is 2.56. The summed E-state index contributed by atoms with van der Waals surface area (Å²) in [4.78, 5) is 0. The summed E-state index contributed by atoms with van der Waals surface area (Å²) in [6.07, 6.45) is 6.71. The van der Waals surface area contributed by atoms with Gasteiger partial charge in [-0.05, 0) is 32.6 Å². The number of aliphatic hydroxyl groups excluding tert-OH is 1. The van der Waals surface area contributed by atoms with Crippen LogP contribution in [0.5, 0.6) is 0 Å². The second kappa shape index (κ2) is 4.17. The molecule has 2 aliphatic heterocycles. The van der Waals surface area contributed by atoms with E-state index in [0.717, 1.165) is 32.1 Å². The van der Waals surface area contributed by atoms with E-state index in [1.54, 1.807) is 0 Å². The SMILES string of the molecule is C[C@H]1CCC[C@@]2(CC[C@@H](CCO)O2)O1. The minimum atomic E-state index is -0.294. The molecule has 1 spiro atoms. The predicted octanol–water partition coefficient (Wildman–Crippen LogP) is 1.83. The van der Waals surface area contributed by atoms with Crippen LogP contribution < -0.4 is 0 Å². The Morgan fingerprint density at radius 2 is 2.14 bits per heavy atom. The summed E-state index contributed by atoms with van der Waals surface area (Å²) in [6.45, 7) is 2.33. The van der Waals surface area contributed by atoms with Crippen LogP contribution in [-0.4, -0.2) is 29.7 Å². The second-order valence-corrected chi connectivity index (χ2v) is 4.52. The van der Waals surface area contributed by atoms with Crippen molar-refractivity contribution in [2.24, 2.45) is 0 Å².